The molecule has 0 saturated heterocycles. The maximum Gasteiger partial charge on any atom is 0.148 e. The summed E-state index contributed by atoms with van der Waals surface area (Å²) in [7, 11) is -2.83. The SMILES string of the molecule is CC(CS(C)(=O)=O)NCCC1CCC1. The zero-order chi connectivity index (χ0) is 10.6. The first-order valence-electron chi connectivity index (χ1n) is 5.38. The molecule has 14 heavy (non-hydrogen) atoms. The summed E-state index contributed by atoms with van der Waals surface area (Å²) >= 11 is 0. The summed E-state index contributed by atoms with van der Waals surface area (Å²) in [6.45, 7) is 2.89. The minimum Gasteiger partial charge on any atom is -0.313 e. The molecule has 1 unspecified atom stereocenters. The number of hydrogen-bond acceptors (Lipinski definition) is 3. The van der Waals surface area contributed by atoms with E-state index in [9.17, 15) is 8.42 Å². The van der Waals surface area contributed by atoms with Gasteiger partial charge >= 0.3 is 0 Å². The van der Waals surface area contributed by atoms with Crippen LogP contribution < -0.4 is 5.32 Å². The van der Waals surface area contributed by atoms with E-state index in [1.54, 1.807) is 0 Å². The van der Waals surface area contributed by atoms with Crippen molar-refractivity contribution in [1.82, 2.24) is 5.32 Å². The Balaban J connectivity index is 2.05. The van der Waals surface area contributed by atoms with E-state index < -0.39 is 9.84 Å². The molecular weight excluding hydrogens is 198 g/mol. The van der Waals surface area contributed by atoms with Crippen molar-refractivity contribution in [2.45, 2.75) is 38.6 Å². The van der Waals surface area contributed by atoms with E-state index in [4.69, 9.17) is 0 Å². The van der Waals surface area contributed by atoms with Crippen LogP contribution in [0.15, 0.2) is 0 Å². The van der Waals surface area contributed by atoms with E-state index in [1.807, 2.05) is 6.92 Å². The van der Waals surface area contributed by atoms with E-state index in [0.29, 0.717) is 0 Å². The van der Waals surface area contributed by atoms with Crippen LogP contribution >= 0.6 is 0 Å². The highest BCUT2D eigenvalue weighted by Gasteiger charge is 2.17. The predicted octanol–water partition coefficient (Wildman–Crippen LogP) is 1.20. The number of hydrogen-bond donors (Lipinski definition) is 1. The molecule has 0 aromatic carbocycles. The lowest BCUT2D eigenvalue weighted by molar-refractivity contribution is 0.289. The molecule has 0 aromatic heterocycles. The zero-order valence-corrected chi connectivity index (χ0v) is 9.94. The molecule has 1 aliphatic carbocycles. The summed E-state index contributed by atoms with van der Waals surface area (Å²) in [4.78, 5) is 0. The number of sulfone groups is 1. The molecule has 4 heteroatoms. The second-order valence-corrected chi connectivity index (χ2v) is 6.72. The Labute approximate surface area is 87.2 Å². The van der Waals surface area contributed by atoms with Crippen LogP contribution in [0.2, 0.25) is 0 Å². The molecule has 0 radical (unpaired) electrons. The molecule has 0 aliphatic heterocycles. The lowest BCUT2D eigenvalue weighted by atomic mass is 9.83. The van der Waals surface area contributed by atoms with Gasteiger partial charge in [0, 0.05) is 12.3 Å². The van der Waals surface area contributed by atoms with Gasteiger partial charge in [0.1, 0.15) is 9.84 Å². The Morgan fingerprint density at radius 2 is 2.07 bits per heavy atom. The fraction of sp³-hybridized carbons (Fsp3) is 1.00. The van der Waals surface area contributed by atoms with E-state index in [-0.39, 0.29) is 11.8 Å². The molecule has 1 rings (SSSR count). The largest absolute Gasteiger partial charge is 0.313 e. The summed E-state index contributed by atoms with van der Waals surface area (Å²) in [5, 5.41) is 3.26. The fourth-order valence-electron chi connectivity index (χ4n) is 1.83. The molecule has 1 fully saturated rings. The van der Waals surface area contributed by atoms with Crippen molar-refractivity contribution in [2.75, 3.05) is 18.6 Å². The van der Waals surface area contributed by atoms with Gasteiger partial charge in [0.2, 0.25) is 0 Å². The van der Waals surface area contributed by atoms with Gasteiger partial charge in [-0.05, 0) is 25.8 Å². The third kappa shape index (κ3) is 4.96. The van der Waals surface area contributed by atoms with Crippen LogP contribution in [0.3, 0.4) is 0 Å². The van der Waals surface area contributed by atoms with Crippen LogP contribution in [-0.2, 0) is 9.84 Å². The first-order chi connectivity index (χ1) is 6.47. The van der Waals surface area contributed by atoms with Crippen LogP contribution in [0.4, 0.5) is 0 Å². The molecule has 0 spiro atoms. The van der Waals surface area contributed by atoms with Gasteiger partial charge in [-0.1, -0.05) is 19.3 Å². The monoisotopic (exact) mass is 219 g/mol. The van der Waals surface area contributed by atoms with Gasteiger partial charge in [0.25, 0.3) is 0 Å². The van der Waals surface area contributed by atoms with Crippen LogP contribution in [0.5, 0.6) is 0 Å². The van der Waals surface area contributed by atoms with Gasteiger partial charge in [-0.25, -0.2) is 8.42 Å². The van der Waals surface area contributed by atoms with Crippen molar-refractivity contribution < 1.29 is 8.42 Å². The van der Waals surface area contributed by atoms with Crippen molar-refractivity contribution in [3.8, 4) is 0 Å². The van der Waals surface area contributed by atoms with E-state index in [2.05, 4.69) is 5.32 Å². The Bertz CT molecular complexity index is 257. The van der Waals surface area contributed by atoms with Gasteiger partial charge in [-0.3, -0.25) is 0 Å². The van der Waals surface area contributed by atoms with E-state index in [1.165, 1.54) is 31.9 Å². The zero-order valence-electron chi connectivity index (χ0n) is 9.12. The summed E-state index contributed by atoms with van der Waals surface area (Å²) < 4.78 is 21.9. The van der Waals surface area contributed by atoms with Crippen molar-refractivity contribution in [3.63, 3.8) is 0 Å². The van der Waals surface area contributed by atoms with Crippen LogP contribution in [0, 0.1) is 5.92 Å². The van der Waals surface area contributed by atoms with E-state index >= 15 is 0 Å². The fourth-order valence-corrected chi connectivity index (χ4v) is 2.85. The lowest BCUT2D eigenvalue weighted by Gasteiger charge is -2.25. The molecule has 1 atom stereocenters. The highest BCUT2D eigenvalue weighted by molar-refractivity contribution is 7.90. The maximum atomic E-state index is 11.0. The smallest absolute Gasteiger partial charge is 0.148 e. The van der Waals surface area contributed by atoms with Crippen molar-refractivity contribution >= 4 is 9.84 Å². The summed E-state index contributed by atoms with van der Waals surface area (Å²) in [5.41, 5.74) is 0. The van der Waals surface area contributed by atoms with Crippen molar-refractivity contribution in [3.05, 3.63) is 0 Å². The number of rotatable bonds is 6. The van der Waals surface area contributed by atoms with Crippen LogP contribution in [-0.4, -0.2) is 33.0 Å². The second-order valence-electron chi connectivity index (χ2n) is 4.53. The van der Waals surface area contributed by atoms with Crippen LogP contribution in [0.1, 0.15) is 32.6 Å². The molecule has 0 heterocycles. The van der Waals surface area contributed by atoms with E-state index in [0.717, 1.165) is 12.5 Å². The standard InChI is InChI=1S/C10H21NO2S/c1-9(8-14(2,12)13)11-7-6-10-4-3-5-10/h9-11H,3-8H2,1-2H3. The first-order valence-corrected chi connectivity index (χ1v) is 7.44. The lowest BCUT2D eigenvalue weighted by Crippen LogP contribution is -2.34. The minimum absolute atomic E-state index is 0.0880. The van der Waals surface area contributed by atoms with Gasteiger partial charge in [0.05, 0.1) is 5.75 Å². The Morgan fingerprint density at radius 3 is 2.50 bits per heavy atom. The highest BCUT2D eigenvalue weighted by Crippen LogP contribution is 2.28. The second kappa shape index (κ2) is 5.12. The Hall–Kier alpha value is -0.0900. The molecule has 1 N–H and O–H groups in total. The van der Waals surface area contributed by atoms with Crippen molar-refractivity contribution in [1.29, 1.82) is 0 Å². The molecule has 1 saturated carbocycles. The van der Waals surface area contributed by atoms with Gasteiger partial charge < -0.3 is 5.32 Å². The topological polar surface area (TPSA) is 46.2 Å². The molecule has 0 aromatic rings. The molecule has 84 valence electrons. The van der Waals surface area contributed by atoms with Gasteiger partial charge in [-0.2, -0.15) is 0 Å². The summed E-state index contributed by atoms with van der Waals surface area (Å²) in [6, 6.07) is 0.0880. The first kappa shape index (κ1) is 12.0. The molecule has 3 nitrogen and oxygen atoms in total. The van der Waals surface area contributed by atoms with Gasteiger partial charge in [-0.15, -0.1) is 0 Å². The molecule has 1 aliphatic rings. The molecular formula is C10H21NO2S. The van der Waals surface area contributed by atoms with Gasteiger partial charge in [0.15, 0.2) is 0 Å². The average Bonchev–Trinajstić information content (AvgIpc) is 1.90. The number of nitrogens with one attached hydrogen (secondary N) is 1. The highest BCUT2D eigenvalue weighted by atomic mass is 32.2. The third-order valence-corrected chi connectivity index (χ3v) is 3.93. The average molecular weight is 219 g/mol. The normalized spacial score (nSPS) is 20.4. The third-order valence-electron chi connectivity index (χ3n) is 2.82. The minimum atomic E-state index is -2.83. The predicted molar refractivity (Wildman–Crippen MR) is 59.1 cm³/mol. The quantitative estimate of drug-likeness (QED) is 0.730. The Kier molecular flexibility index (Phi) is 4.38. The Morgan fingerprint density at radius 1 is 1.43 bits per heavy atom. The summed E-state index contributed by atoms with van der Waals surface area (Å²) in [5.74, 6) is 1.14. The maximum absolute atomic E-state index is 11.0. The van der Waals surface area contributed by atoms with Crippen LogP contribution in [0.25, 0.3) is 0 Å². The molecule has 0 bridgehead atoms. The molecule has 0 amide bonds. The van der Waals surface area contributed by atoms with Crippen molar-refractivity contribution in [2.24, 2.45) is 5.92 Å². The summed E-state index contributed by atoms with van der Waals surface area (Å²) in [6.07, 6.45) is 6.60.